The first-order valence-corrected chi connectivity index (χ1v) is 19.8. The van der Waals surface area contributed by atoms with E-state index in [2.05, 4.69) is 133 Å². The van der Waals surface area contributed by atoms with Crippen LogP contribution >= 0.6 is 0 Å². The zero-order valence-electron chi connectivity index (χ0n) is 31.6. The van der Waals surface area contributed by atoms with Crippen LogP contribution in [0.25, 0.3) is 130 Å². The summed E-state index contributed by atoms with van der Waals surface area (Å²) < 4.78 is 0. The highest BCUT2D eigenvalue weighted by Gasteiger charge is 2.29. The molecule has 0 radical (unpaired) electrons. The first-order valence-electron chi connectivity index (χ1n) is 19.8. The molecular formula is C56H24N4. The Morgan fingerprint density at radius 3 is 1.48 bits per heavy atom. The average molecular weight is 753 g/mol. The van der Waals surface area contributed by atoms with Crippen molar-refractivity contribution in [2.75, 3.05) is 0 Å². The summed E-state index contributed by atoms with van der Waals surface area (Å²) in [6.45, 7) is 0. The molecule has 0 spiro atoms. The number of nitriles is 4. The van der Waals surface area contributed by atoms with Crippen LogP contribution in [0, 0.1) is 45.3 Å². The van der Waals surface area contributed by atoms with Crippen molar-refractivity contribution in [3.8, 4) is 46.5 Å². The van der Waals surface area contributed by atoms with E-state index in [-0.39, 0.29) is 0 Å². The Labute approximate surface area is 341 Å². The number of hydrogen-bond donors (Lipinski definition) is 0. The highest BCUT2D eigenvalue weighted by molar-refractivity contribution is 6.45. The Balaban J connectivity index is 1.38. The summed E-state index contributed by atoms with van der Waals surface area (Å²) in [7, 11) is 0. The molecule has 13 aromatic carbocycles. The number of rotatable bonds is 2. The summed E-state index contributed by atoms with van der Waals surface area (Å²) in [6, 6.07) is 59.9. The Hall–Kier alpha value is -8.80. The average Bonchev–Trinajstić information content (AvgIpc) is 3.79. The van der Waals surface area contributed by atoms with Crippen molar-refractivity contribution < 1.29 is 0 Å². The van der Waals surface area contributed by atoms with E-state index in [1.54, 1.807) is 12.1 Å². The minimum absolute atomic E-state index is 0.310. The molecule has 0 aliphatic carbocycles. The van der Waals surface area contributed by atoms with Gasteiger partial charge in [0.25, 0.3) is 0 Å². The lowest BCUT2D eigenvalue weighted by atomic mass is 9.82. The van der Waals surface area contributed by atoms with Crippen molar-refractivity contribution in [3.63, 3.8) is 0 Å². The maximum atomic E-state index is 10.9. The predicted octanol–water partition coefficient (Wildman–Crippen LogP) is 14.4. The van der Waals surface area contributed by atoms with E-state index in [4.69, 9.17) is 0 Å². The van der Waals surface area contributed by atoms with E-state index in [0.717, 1.165) is 86.5 Å². The number of benzene rings is 11. The summed E-state index contributed by atoms with van der Waals surface area (Å²) in [6.07, 6.45) is 0. The van der Waals surface area contributed by atoms with Crippen LogP contribution in [-0.2, 0) is 0 Å². The molecule has 268 valence electrons. The van der Waals surface area contributed by atoms with Crippen molar-refractivity contribution >= 4 is 108 Å². The molecular weight excluding hydrogens is 729 g/mol. The standard InChI is InChI=1S/C56H24N4/c57-25-33-10-4-13-37(47(33)27-59)53-45-24-42-41(39-20-19-30-18-17-29-8-3-9-32-22-43(42)52(39)50(30)49(29)32)23-44(45)54(38-14-5-11-34(26-58)48(38)28-60)56-46-21-31-7-1-2-12-35(31)36-15-6-16-40(51(36)46)55(53)56/h1-24H. The van der Waals surface area contributed by atoms with Gasteiger partial charge in [0.15, 0.2) is 0 Å². The molecule has 0 fully saturated rings. The Bertz CT molecular complexity index is 4280. The van der Waals surface area contributed by atoms with Crippen LogP contribution in [0.4, 0.5) is 0 Å². The molecule has 13 rings (SSSR count). The van der Waals surface area contributed by atoms with Gasteiger partial charge in [0.2, 0.25) is 0 Å². The fraction of sp³-hybridized carbons (Fsp3) is 0. The van der Waals surface area contributed by atoms with Crippen molar-refractivity contribution in [2.45, 2.75) is 0 Å². The SMILES string of the molecule is N#Cc1cccc(-c2c3cc4c(cc3c(-c3cccc(C#N)c3C#N)c3c5cc6ccccc6c6cccc(c23)c65)c2ccc3ccc5cccc6cc4c2c3c56)c1C#N. The van der Waals surface area contributed by atoms with Crippen LogP contribution in [0.2, 0.25) is 0 Å². The Morgan fingerprint density at radius 2 is 0.783 bits per heavy atom. The topological polar surface area (TPSA) is 95.2 Å². The summed E-state index contributed by atoms with van der Waals surface area (Å²) in [5.41, 5.74) is 4.33. The zero-order valence-corrected chi connectivity index (χ0v) is 31.6. The second-order valence-electron chi connectivity index (χ2n) is 15.9. The van der Waals surface area contributed by atoms with Crippen LogP contribution in [0.5, 0.6) is 0 Å². The molecule has 13 aromatic rings. The van der Waals surface area contributed by atoms with Crippen LogP contribution < -0.4 is 0 Å². The van der Waals surface area contributed by atoms with Gasteiger partial charge >= 0.3 is 0 Å². The van der Waals surface area contributed by atoms with Gasteiger partial charge in [0.1, 0.15) is 24.3 Å². The molecule has 0 N–H and O–H groups in total. The molecule has 0 heterocycles. The van der Waals surface area contributed by atoms with Crippen LogP contribution in [0.1, 0.15) is 22.3 Å². The fourth-order valence-electron chi connectivity index (χ4n) is 10.9. The van der Waals surface area contributed by atoms with Gasteiger partial charge in [-0.15, -0.1) is 0 Å². The monoisotopic (exact) mass is 752 g/mol. The van der Waals surface area contributed by atoms with Crippen LogP contribution in [0.3, 0.4) is 0 Å². The minimum Gasteiger partial charge on any atom is -0.192 e. The Kier molecular flexibility index (Phi) is 6.14. The van der Waals surface area contributed by atoms with E-state index in [9.17, 15) is 21.0 Å². The molecule has 0 atom stereocenters. The molecule has 0 aromatic heterocycles. The summed E-state index contributed by atoms with van der Waals surface area (Å²) in [5, 5.41) is 64.4. The second-order valence-corrected chi connectivity index (χ2v) is 15.9. The normalized spacial score (nSPS) is 11.9. The van der Waals surface area contributed by atoms with Crippen LogP contribution in [-0.4, -0.2) is 0 Å². The zero-order chi connectivity index (χ0) is 40.0. The van der Waals surface area contributed by atoms with Gasteiger partial charge in [-0.2, -0.15) is 21.0 Å². The van der Waals surface area contributed by atoms with Gasteiger partial charge < -0.3 is 0 Å². The predicted molar refractivity (Wildman–Crippen MR) is 245 cm³/mol. The number of hydrogen-bond acceptors (Lipinski definition) is 4. The second kappa shape index (κ2) is 11.4. The van der Waals surface area contributed by atoms with Crippen molar-refractivity contribution in [1.82, 2.24) is 0 Å². The fourth-order valence-corrected chi connectivity index (χ4v) is 10.9. The number of nitrogens with zero attached hydrogens (tertiary/aromatic N) is 4. The van der Waals surface area contributed by atoms with E-state index in [1.165, 1.54) is 32.3 Å². The largest absolute Gasteiger partial charge is 0.192 e. The van der Waals surface area contributed by atoms with Gasteiger partial charge in [0, 0.05) is 11.1 Å². The molecule has 0 saturated carbocycles. The lowest BCUT2D eigenvalue weighted by Gasteiger charge is -2.19. The van der Waals surface area contributed by atoms with Crippen molar-refractivity contribution in [3.05, 3.63) is 168 Å². The lowest BCUT2D eigenvalue weighted by Crippen LogP contribution is -1.96. The molecule has 60 heavy (non-hydrogen) atoms. The molecule has 0 amide bonds. The van der Waals surface area contributed by atoms with E-state index in [0.29, 0.717) is 33.4 Å². The van der Waals surface area contributed by atoms with Crippen molar-refractivity contribution in [2.24, 2.45) is 0 Å². The van der Waals surface area contributed by atoms with Gasteiger partial charge in [0.05, 0.1) is 22.3 Å². The maximum Gasteiger partial charge on any atom is 0.101 e. The van der Waals surface area contributed by atoms with Gasteiger partial charge in [-0.3, -0.25) is 0 Å². The Morgan fingerprint density at radius 1 is 0.267 bits per heavy atom. The van der Waals surface area contributed by atoms with Gasteiger partial charge in [-0.1, -0.05) is 109 Å². The van der Waals surface area contributed by atoms with E-state index < -0.39 is 0 Å². The van der Waals surface area contributed by atoms with Gasteiger partial charge in [-0.05, 0) is 155 Å². The highest BCUT2D eigenvalue weighted by atomic mass is 14.3. The van der Waals surface area contributed by atoms with E-state index in [1.807, 2.05) is 24.3 Å². The molecule has 4 nitrogen and oxygen atoms in total. The third-order valence-electron chi connectivity index (χ3n) is 13.2. The van der Waals surface area contributed by atoms with Gasteiger partial charge in [-0.25, -0.2) is 0 Å². The number of fused-ring (bicyclic) bond motifs is 9. The van der Waals surface area contributed by atoms with E-state index >= 15 is 0 Å². The molecule has 0 aliphatic rings. The first kappa shape index (κ1) is 32.3. The smallest absolute Gasteiger partial charge is 0.101 e. The third kappa shape index (κ3) is 3.85. The quantitative estimate of drug-likeness (QED) is 0.164. The third-order valence-corrected chi connectivity index (χ3v) is 13.2. The maximum absolute atomic E-state index is 10.9. The molecule has 0 aliphatic heterocycles. The summed E-state index contributed by atoms with van der Waals surface area (Å²) >= 11 is 0. The molecule has 0 saturated heterocycles. The summed E-state index contributed by atoms with van der Waals surface area (Å²) in [4.78, 5) is 0. The molecule has 0 bridgehead atoms. The molecule has 4 heteroatoms. The lowest BCUT2D eigenvalue weighted by molar-refractivity contribution is 1.43. The van der Waals surface area contributed by atoms with Crippen LogP contribution in [0.15, 0.2) is 146 Å². The highest BCUT2D eigenvalue weighted by Crippen LogP contribution is 2.55. The summed E-state index contributed by atoms with van der Waals surface area (Å²) in [5.74, 6) is 0. The first-order chi connectivity index (χ1) is 29.6. The van der Waals surface area contributed by atoms with Crippen molar-refractivity contribution in [1.29, 1.82) is 21.0 Å². The minimum atomic E-state index is 0.310. The molecule has 0 unspecified atom stereocenters.